The largest absolute Gasteiger partial charge is 0.491 e. The summed E-state index contributed by atoms with van der Waals surface area (Å²) in [6, 6.07) is 14.8. The lowest BCUT2D eigenvalue weighted by atomic mass is 9.99. The predicted molar refractivity (Wildman–Crippen MR) is 142 cm³/mol. The van der Waals surface area contributed by atoms with Crippen molar-refractivity contribution in [2.24, 2.45) is 0 Å². The summed E-state index contributed by atoms with van der Waals surface area (Å²) in [6.07, 6.45) is 3.03. The van der Waals surface area contributed by atoms with Gasteiger partial charge in [0, 0.05) is 41.9 Å². The Hall–Kier alpha value is -4.38. The van der Waals surface area contributed by atoms with Gasteiger partial charge in [-0.25, -0.2) is 13.9 Å². The fourth-order valence-corrected chi connectivity index (χ4v) is 5.34. The van der Waals surface area contributed by atoms with Crippen LogP contribution in [-0.4, -0.2) is 57.8 Å². The minimum absolute atomic E-state index is 0.00446. The third-order valence-electron chi connectivity index (χ3n) is 7.25. The van der Waals surface area contributed by atoms with E-state index in [0.717, 1.165) is 18.4 Å². The number of piperidine rings is 1. The number of imidazole rings is 1. The van der Waals surface area contributed by atoms with Gasteiger partial charge in [-0.1, -0.05) is 30.8 Å². The van der Waals surface area contributed by atoms with E-state index in [-0.39, 0.29) is 23.9 Å². The molecule has 206 valence electrons. The van der Waals surface area contributed by atoms with Crippen LogP contribution in [0.5, 0.6) is 11.6 Å². The van der Waals surface area contributed by atoms with Crippen molar-refractivity contribution in [1.29, 1.82) is 0 Å². The lowest BCUT2D eigenvalue weighted by Gasteiger charge is -2.33. The maximum atomic E-state index is 14.2. The zero-order valence-electron chi connectivity index (χ0n) is 21.4. The minimum Gasteiger partial charge on any atom is -0.491 e. The lowest BCUT2D eigenvalue weighted by molar-refractivity contribution is -0.127. The van der Waals surface area contributed by atoms with Gasteiger partial charge in [0.2, 0.25) is 11.8 Å². The van der Waals surface area contributed by atoms with Crippen LogP contribution in [0.1, 0.15) is 24.4 Å². The summed E-state index contributed by atoms with van der Waals surface area (Å²) in [5.74, 6) is -0.0801. The smallest absolute Gasteiger partial charge is 0.388 e. The Balaban J connectivity index is 1.31. The van der Waals surface area contributed by atoms with Crippen molar-refractivity contribution < 1.29 is 27.4 Å². The van der Waals surface area contributed by atoms with Gasteiger partial charge >= 0.3 is 6.61 Å². The van der Waals surface area contributed by atoms with E-state index in [9.17, 15) is 18.0 Å². The number of likely N-dealkylation sites (tertiary alicyclic amines) is 1. The summed E-state index contributed by atoms with van der Waals surface area (Å²) in [5.41, 5.74) is 3.51. The first kappa shape index (κ1) is 25.9. The zero-order valence-corrected chi connectivity index (χ0v) is 21.4. The van der Waals surface area contributed by atoms with Crippen LogP contribution < -0.4 is 14.8 Å². The molecule has 40 heavy (non-hydrogen) atoms. The molecule has 0 bridgehead atoms. The summed E-state index contributed by atoms with van der Waals surface area (Å²) in [6.45, 7) is 2.34. The van der Waals surface area contributed by atoms with Crippen LogP contribution in [0.4, 0.5) is 13.2 Å². The molecular formula is C29H26F3N5O3. The van der Waals surface area contributed by atoms with Crippen molar-refractivity contribution in [3.05, 3.63) is 78.6 Å². The van der Waals surface area contributed by atoms with Gasteiger partial charge in [0.1, 0.15) is 23.9 Å². The number of halogens is 3. The Morgan fingerprint density at radius 2 is 1.95 bits per heavy atom. The average molecular weight is 550 g/mol. The van der Waals surface area contributed by atoms with Crippen molar-refractivity contribution in [3.63, 3.8) is 0 Å². The molecule has 2 aromatic heterocycles. The highest BCUT2D eigenvalue weighted by molar-refractivity contribution is 5.87. The fourth-order valence-electron chi connectivity index (χ4n) is 5.34. The van der Waals surface area contributed by atoms with E-state index in [2.05, 4.69) is 21.7 Å². The lowest BCUT2D eigenvalue weighted by Crippen LogP contribution is -2.45. The van der Waals surface area contributed by atoms with Crippen LogP contribution in [0.2, 0.25) is 0 Å². The Morgan fingerprint density at radius 1 is 1.12 bits per heavy atom. The molecule has 0 radical (unpaired) electrons. The summed E-state index contributed by atoms with van der Waals surface area (Å²) in [7, 11) is 0. The molecule has 4 aromatic rings. The van der Waals surface area contributed by atoms with Gasteiger partial charge in [-0.3, -0.25) is 4.79 Å². The second kappa shape index (κ2) is 10.6. The van der Waals surface area contributed by atoms with Crippen molar-refractivity contribution >= 4 is 11.6 Å². The van der Waals surface area contributed by atoms with Crippen LogP contribution in [0.3, 0.4) is 0 Å². The van der Waals surface area contributed by atoms with Gasteiger partial charge in [-0.05, 0) is 43.2 Å². The SMILES string of the molecule is C=CC(=O)N1CCC(N[C@H]2COc3cc(-c4nc5ccc(OC(F)F)nn5c4-c4cccc(F)c4)ccc32)CC1. The molecule has 0 unspecified atom stereocenters. The quantitative estimate of drug-likeness (QED) is 0.327. The number of benzene rings is 2. The van der Waals surface area contributed by atoms with Crippen molar-refractivity contribution in [2.75, 3.05) is 19.7 Å². The molecule has 0 aliphatic carbocycles. The average Bonchev–Trinajstić information content (AvgIpc) is 3.53. The number of nitrogens with zero attached hydrogens (tertiary/aromatic N) is 4. The fraction of sp³-hybridized carbons (Fsp3) is 0.276. The van der Waals surface area contributed by atoms with E-state index >= 15 is 0 Å². The Kier molecular flexibility index (Phi) is 6.89. The highest BCUT2D eigenvalue weighted by atomic mass is 19.3. The Morgan fingerprint density at radius 3 is 2.70 bits per heavy atom. The topological polar surface area (TPSA) is 81.0 Å². The maximum Gasteiger partial charge on any atom is 0.388 e. The summed E-state index contributed by atoms with van der Waals surface area (Å²) < 4.78 is 51.9. The minimum atomic E-state index is -3.04. The number of hydrogen-bond donors (Lipinski definition) is 1. The first-order valence-corrected chi connectivity index (χ1v) is 12.9. The van der Waals surface area contributed by atoms with Gasteiger partial charge in [0.05, 0.1) is 11.7 Å². The summed E-state index contributed by atoms with van der Waals surface area (Å²) in [4.78, 5) is 18.4. The third-order valence-corrected chi connectivity index (χ3v) is 7.25. The molecule has 1 fully saturated rings. The van der Waals surface area contributed by atoms with Crippen molar-refractivity contribution in [2.45, 2.75) is 31.5 Å². The van der Waals surface area contributed by atoms with E-state index in [1.807, 2.05) is 18.2 Å². The van der Waals surface area contributed by atoms with Crippen LogP contribution in [-0.2, 0) is 4.79 Å². The van der Waals surface area contributed by atoms with Crippen LogP contribution >= 0.6 is 0 Å². The number of rotatable bonds is 7. The molecule has 0 spiro atoms. The first-order valence-electron chi connectivity index (χ1n) is 12.9. The number of carbonyl (C=O) groups excluding carboxylic acids is 1. The third kappa shape index (κ3) is 5.00. The van der Waals surface area contributed by atoms with Crippen molar-refractivity contribution in [1.82, 2.24) is 24.8 Å². The number of amides is 1. The van der Waals surface area contributed by atoms with Gasteiger partial charge < -0.3 is 19.7 Å². The number of hydrogen-bond acceptors (Lipinski definition) is 6. The molecule has 1 atom stereocenters. The van der Waals surface area contributed by atoms with Gasteiger partial charge in [0.25, 0.3) is 0 Å². The van der Waals surface area contributed by atoms with E-state index in [0.29, 0.717) is 53.6 Å². The number of ether oxygens (including phenoxy) is 2. The molecule has 1 saturated heterocycles. The summed E-state index contributed by atoms with van der Waals surface area (Å²) in [5, 5.41) is 7.86. The molecule has 2 aliphatic rings. The first-order chi connectivity index (χ1) is 19.4. The number of aromatic nitrogens is 3. The maximum absolute atomic E-state index is 14.2. The Labute approximate surface area is 228 Å². The highest BCUT2D eigenvalue weighted by Gasteiger charge is 2.30. The van der Waals surface area contributed by atoms with Crippen molar-refractivity contribution in [3.8, 4) is 34.1 Å². The predicted octanol–water partition coefficient (Wildman–Crippen LogP) is 5.00. The second-order valence-electron chi connectivity index (χ2n) is 9.73. The van der Waals surface area contributed by atoms with Gasteiger partial charge in [0.15, 0.2) is 5.65 Å². The molecule has 6 rings (SSSR count). The van der Waals surface area contributed by atoms with E-state index in [1.54, 1.807) is 17.0 Å². The number of alkyl halides is 2. The normalized spacial score (nSPS) is 17.2. The molecular weight excluding hydrogens is 523 g/mol. The van der Waals surface area contributed by atoms with E-state index in [1.165, 1.54) is 34.9 Å². The molecule has 4 heterocycles. The highest BCUT2D eigenvalue weighted by Crippen LogP contribution is 2.39. The molecule has 2 aliphatic heterocycles. The Bertz CT molecular complexity index is 1580. The number of nitrogens with one attached hydrogen (secondary N) is 1. The van der Waals surface area contributed by atoms with Crippen LogP contribution in [0.25, 0.3) is 28.2 Å². The molecule has 1 amide bonds. The molecule has 0 saturated carbocycles. The molecule has 8 nitrogen and oxygen atoms in total. The van der Waals surface area contributed by atoms with E-state index in [4.69, 9.17) is 9.72 Å². The van der Waals surface area contributed by atoms with Crippen LogP contribution in [0, 0.1) is 5.82 Å². The molecule has 2 aromatic carbocycles. The monoisotopic (exact) mass is 549 g/mol. The van der Waals surface area contributed by atoms with Crippen LogP contribution in [0.15, 0.2) is 67.3 Å². The number of fused-ring (bicyclic) bond motifs is 2. The van der Waals surface area contributed by atoms with Gasteiger partial charge in [-0.15, -0.1) is 5.10 Å². The summed E-state index contributed by atoms with van der Waals surface area (Å²) >= 11 is 0. The molecule has 1 N–H and O–H groups in total. The van der Waals surface area contributed by atoms with E-state index < -0.39 is 12.4 Å². The second-order valence-corrected chi connectivity index (χ2v) is 9.73. The zero-order chi connectivity index (χ0) is 27.8. The number of carbonyl (C=O) groups is 1. The van der Waals surface area contributed by atoms with Gasteiger partial charge in [-0.2, -0.15) is 8.78 Å². The molecule has 11 heteroatoms. The standard InChI is InChI=1S/C29H26F3N5O3/c1-2-26(38)36-12-10-20(11-13-36)33-22-16-39-23-15-17(6-7-21(22)23)27-28(18-4-3-5-19(30)14-18)37-24(34-27)8-9-25(35-37)40-29(31)32/h2-9,14-15,20,22,29,33H,1,10-13,16H2/t22-/m0/s1.